The van der Waals surface area contributed by atoms with Crippen molar-refractivity contribution < 1.29 is 9.47 Å². The van der Waals surface area contributed by atoms with E-state index in [9.17, 15) is 0 Å². The zero-order valence-electron chi connectivity index (χ0n) is 30.0. The monoisotopic (exact) mass is 698 g/mol. The quantitative estimate of drug-likeness (QED) is 0.133. The molecule has 54 heavy (non-hydrogen) atoms. The Kier molecular flexibility index (Phi) is 8.62. The Balaban J connectivity index is 1.09. The zero-order chi connectivity index (χ0) is 36.4. The van der Waals surface area contributed by atoms with Crippen molar-refractivity contribution >= 4 is 45.3 Å². The third-order valence-electron chi connectivity index (χ3n) is 9.99. The number of para-hydroxylation sites is 2. The summed E-state index contributed by atoms with van der Waals surface area (Å²) in [6, 6.07) is 51.1. The highest BCUT2D eigenvalue weighted by Gasteiger charge is 2.29. The molecule has 7 aromatic rings. The Hall–Kier alpha value is -7.04. The molecule has 0 amide bonds. The predicted octanol–water partition coefficient (Wildman–Crippen LogP) is 14.3. The fourth-order valence-electron chi connectivity index (χ4n) is 7.49. The van der Waals surface area contributed by atoms with Crippen molar-refractivity contribution in [3.8, 4) is 45.3 Å². The maximum Gasteiger partial charge on any atom is 0.137 e. The van der Waals surface area contributed by atoms with Gasteiger partial charge in [-0.1, -0.05) is 97.6 Å². The molecule has 0 bridgehead atoms. The molecule has 0 saturated carbocycles. The van der Waals surface area contributed by atoms with E-state index in [1.165, 1.54) is 0 Å². The SMILES string of the molecule is C=C/C=C\c1ccc(N(c2ccccc2)c2ccc3c(c2)Oc2ccc4c5c(ccc-3c25)Oc2cc(N(C/C=C\C=C/C)c3ccccc3)ccc2-4)cc1. The van der Waals surface area contributed by atoms with E-state index in [2.05, 4.69) is 174 Å². The van der Waals surface area contributed by atoms with Gasteiger partial charge in [0.2, 0.25) is 0 Å². The van der Waals surface area contributed by atoms with E-state index in [0.717, 1.165) is 96.6 Å². The van der Waals surface area contributed by atoms with Gasteiger partial charge in [-0.2, -0.15) is 0 Å². The molecule has 4 nitrogen and oxygen atoms in total. The first-order chi connectivity index (χ1) is 26.7. The van der Waals surface area contributed by atoms with Gasteiger partial charge < -0.3 is 19.3 Å². The van der Waals surface area contributed by atoms with Crippen LogP contribution in [-0.4, -0.2) is 6.54 Å². The fourth-order valence-corrected chi connectivity index (χ4v) is 7.49. The van der Waals surface area contributed by atoms with Crippen molar-refractivity contribution in [2.75, 3.05) is 16.3 Å². The van der Waals surface area contributed by atoms with Crippen molar-refractivity contribution in [2.45, 2.75) is 6.92 Å². The molecule has 0 aromatic heterocycles. The standard InChI is InChI=1S/C50H38N2O2/c1-3-5-7-14-32-51(36-16-10-8-11-17-36)39-24-26-41-43-28-31-46-50-44(29-30-45(49(43)50)53-47(41)33-39)42-27-25-40(34-48(42)54-46)52(37-18-12-9-13-19-37)38-22-20-35(21-23-38)15-6-4-2/h3-31,33-34H,2,32H2,1H3/b5-3-,14-7-,15-6-. The van der Waals surface area contributed by atoms with Crippen molar-refractivity contribution in [3.05, 3.63) is 194 Å². The molecule has 2 aliphatic rings. The number of nitrogens with zero attached hydrogens (tertiary/aromatic N) is 2. The number of benzene rings is 7. The van der Waals surface area contributed by atoms with E-state index in [4.69, 9.17) is 9.47 Å². The molecule has 2 aliphatic heterocycles. The van der Waals surface area contributed by atoms with Gasteiger partial charge in [0.15, 0.2) is 0 Å². The summed E-state index contributed by atoms with van der Waals surface area (Å²) in [6.07, 6.45) is 14.1. The summed E-state index contributed by atoms with van der Waals surface area (Å²) >= 11 is 0. The lowest BCUT2D eigenvalue weighted by atomic mass is 9.88. The fraction of sp³-hybridized carbons (Fsp3) is 0.0400. The van der Waals surface area contributed by atoms with Crippen molar-refractivity contribution in [1.82, 2.24) is 0 Å². The van der Waals surface area contributed by atoms with E-state index >= 15 is 0 Å². The van der Waals surface area contributed by atoms with Crippen LogP contribution in [-0.2, 0) is 0 Å². The van der Waals surface area contributed by atoms with E-state index < -0.39 is 0 Å². The number of hydrogen-bond donors (Lipinski definition) is 0. The van der Waals surface area contributed by atoms with Gasteiger partial charge in [0.25, 0.3) is 0 Å². The van der Waals surface area contributed by atoms with Crippen LogP contribution in [0, 0.1) is 0 Å². The van der Waals surface area contributed by atoms with Gasteiger partial charge >= 0.3 is 0 Å². The number of rotatable bonds is 10. The van der Waals surface area contributed by atoms with Crippen LogP contribution >= 0.6 is 0 Å². The Morgan fingerprint density at radius 1 is 0.500 bits per heavy atom. The summed E-state index contributed by atoms with van der Waals surface area (Å²) in [5.41, 5.74) is 10.8. The van der Waals surface area contributed by atoms with Gasteiger partial charge in [0.05, 0.1) is 0 Å². The van der Waals surface area contributed by atoms with Crippen LogP contribution in [0.2, 0.25) is 0 Å². The summed E-state index contributed by atoms with van der Waals surface area (Å²) in [5.74, 6) is 3.32. The first-order valence-electron chi connectivity index (χ1n) is 18.3. The summed E-state index contributed by atoms with van der Waals surface area (Å²) < 4.78 is 13.5. The second-order valence-electron chi connectivity index (χ2n) is 13.3. The van der Waals surface area contributed by atoms with Gasteiger partial charge in [0.1, 0.15) is 23.0 Å². The predicted molar refractivity (Wildman–Crippen MR) is 226 cm³/mol. The molecule has 4 heteroatoms. The van der Waals surface area contributed by atoms with Gasteiger partial charge in [0, 0.05) is 69.0 Å². The lowest BCUT2D eigenvalue weighted by Gasteiger charge is -2.30. The van der Waals surface area contributed by atoms with Crippen LogP contribution in [0.15, 0.2) is 189 Å². The third-order valence-corrected chi connectivity index (χ3v) is 9.99. The minimum absolute atomic E-state index is 0.730. The van der Waals surface area contributed by atoms with Crippen LogP contribution in [0.3, 0.4) is 0 Å². The van der Waals surface area contributed by atoms with Crippen LogP contribution in [0.1, 0.15) is 12.5 Å². The van der Waals surface area contributed by atoms with Crippen LogP contribution in [0.4, 0.5) is 28.4 Å². The number of ether oxygens (including phenoxy) is 2. The lowest BCUT2D eigenvalue weighted by Crippen LogP contribution is -2.17. The molecule has 0 fully saturated rings. The molecule has 9 rings (SSSR count). The van der Waals surface area contributed by atoms with Gasteiger partial charge in [-0.05, 0) is 109 Å². The molecule has 260 valence electrons. The number of fused-ring (bicyclic) bond motifs is 4. The Bertz CT molecular complexity index is 2600. The van der Waals surface area contributed by atoms with E-state index in [1.54, 1.807) is 6.08 Å². The highest BCUT2D eigenvalue weighted by Crippen LogP contribution is 2.56. The minimum Gasteiger partial charge on any atom is -0.456 e. The summed E-state index contributed by atoms with van der Waals surface area (Å²) in [6.45, 7) is 6.56. The normalized spacial score (nSPS) is 12.4. The topological polar surface area (TPSA) is 24.9 Å². The molecule has 0 unspecified atom stereocenters. The number of hydrogen-bond acceptors (Lipinski definition) is 4. The molecule has 7 aromatic carbocycles. The van der Waals surface area contributed by atoms with Crippen LogP contribution < -0.4 is 19.3 Å². The summed E-state index contributed by atoms with van der Waals surface area (Å²) in [7, 11) is 0. The van der Waals surface area contributed by atoms with Crippen molar-refractivity contribution in [2.24, 2.45) is 0 Å². The lowest BCUT2D eigenvalue weighted by molar-refractivity contribution is 0.480. The average molecular weight is 699 g/mol. The first-order valence-corrected chi connectivity index (χ1v) is 18.3. The van der Waals surface area contributed by atoms with E-state index in [1.807, 2.05) is 31.2 Å². The maximum atomic E-state index is 6.78. The van der Waals surface area contributed by atoms with Gasteiger partial charge in [-0.3, -0.25) is 0 Å². The molecule has 0 N–H and O–H groups in total. The third kappa shape index (κ3) is 5.94. The highest BCUT2D eigenvalue weighted by atomic mass is 16.5. The number of anilines is 5. The molecule has 0 atom stereocenters. The Morgan fingerprint density at radius 2 is 1.04 bits per heavy atom. The first kappa shape index (κ1) is 32.8. The maximum absolute atomic E-state index is 6.78. The van der Waals surface area contributed by atoms with E-state index in [0.29, 0.717) is 0 Å². The average Bonchev–Trinajstić information content (AvgIpc) is 3.22. The molecular weight excluding hydrogens is 661 g/mol. The van der Waals surface area contributed by atoms with Crippen molar-refractivity contribution in [1.29, 1.82) is 0 Å². The van der Waals surface area contributed by atoms with Gasteiger partial charge in [-0.15, -0.1) is 0 Å². The molecular formula is C50H38N2O2. The largest absolute Gasteiger partial charge is 0.456 e. The van der Waals surface area contributed by atoms with E-state index in [-0.39, 0.29) is 0 Å². The zero-order valence-corrected chi connectivity index (χ0v) is 30.0. The van der Waals surface area contributed by atoms with Crippen molar-refractivity contribution in [3.63, 3.8) is 0 Å². The summed E-state index contributed by atoms with van der Waals surface area (Å²) in [5, 5.41) is 2.15. The molecule has 0 spiro atoms. The molecule has 2 heterocycles. The highest BCUT2D eigenvalue weighted by molar-refractivity contribution is 6.14. The van der Waals surface area contributed by atoms with Crippen LogP contribution in [0.5, 0.6) is 23.0 Å². The second kappa shape index (κ2) is 14.2. The Morgan fingerprint density at radius 3 is 1.65 bits per heavy atom. The number of allylic oxidation sites excluding steroid dienone is 5. The molecule has 0 saturated heterocycles. The molecule has 0 radical (unpaired) electrons. The smallest absolute Gasteiger partial charge is 0.137 e. The second-order valence-corrected chi connectivity index (χ2v) is 13.3. The van der Waals surface area contributed by atoms with Crippen LogP contribution in [0.25, 0.3) is 39.1 Å². The Labute approximate surface area is 316 Å². The van der Waals surface area contributed by atoms with Gasteiger partial charge in [-0.25, -0.2) is 0 Å². The summed E-state index contributed by atoms with van der Waals surface area (Å²) in [4.78, 5) is 4.56. The minimum atomic E-state index is 0.730. The molecule has 0 aliphatic carbocycles.